The van der Waals surface area contributed by atoms with Gasteiger partial charge in [-0.15, -0.1) is 0 Å². The first-order chi connectivity index (χ1) is 39.8. The standard InChI is InChI=1S/C66H42B2N12/c1-3-15-43(16-4-1)75-46-19-7-20-47-58(46)67-59-48(75)21-8-23-50(59)77(51-24-9-22-49(60(51)67)76(47)44-17-5-2-6-18-44)45-33-31-41(32-34-45)42-39-73-66(74-40-42)80-56-29-11-27-54-62(56)68-61-52(78(54)64-69-35-13-36-70-64)25-10-26-53(61)79(65-71-37-14-38-72-65)55-28-12-30-57(80)63(55)68/h1-13,15-37,39-40H,14,38H2. The summed E-state index contributed by atoms with van der Waals surface area (Å²) in [6.07, 6.45) is 10.3. The average Bonchev–Trinajstić information content (AvgIpc) is 3.38. The summed E-state index contributed by atoms with van der Waals surface area (Å²) in [7, 11) is 0. The number of hydrogen-bond donors (Lipinski definition) is 0. The van der Waals surface area contributed by atoms with Gasteiger partial charge in [0.05, 0.1) is 0 Å². The Kier molecular flexibility index (Phi) is 8.95. The van der Waals surface area contributed by atoms with Gasteiger partial charge < -0.3 is 14.7 Å². The molecular formula is C66H42B2N12. The maximum atomic E-state index is 5.25. The SMILES string of the molecule is C1=NC(N2c3cccc4c3B3c5c2cccc5N(c2ncc(-c5ccc(N6c7cccc8c7B7c9c(cccc9N(c9ccccc9)c9cccc6c97)N8c6ccccc6)cc5)cn2)c2cccc(c23)N4c2ncccn2)=NCC1. The predicted molar refractivity (Wildman–Crippen MR) is 327 cm³/mol. The molecule has 0 fully saturated rings. The normalized spacial score (nSPS) is 15.0. The first kappa shape index (κ1) is 43.5. The van der Waals surface area contributed by atoms with Gasteiger partial charge in [-0.2, -0.15) is 0 Å². The first-order valence-electron chi connectivity index (χ1n) is 27.2. The summed E-state index contributed by atoms with van der Waals surface area (Å²) in [6, 6.07) is 72.3. The number of hydrogen-bond acceptors (Lipinski definition) is 12. The molecule has 80 heavy (non-hydrogen) atoms. The third-order valence-electron chi connectivity index (χ3n) is 17.0. The molecule has 0 bridgehead atoms. The molecule has 0 saturated carbocycles. The number of aliphatic imine (C=N–C) groups is 2. The Morgan fingerprint density at radius 1 is 0.300 bits per heavy atom. The molecular weight excluding hydrogens is 982 g/mol. The second-order valence-corrected chi connectivity index (χ2v) is 21.0. The summed E-state index contributed by atoms with van der Waals surface area (Å²) in [5.41, 5.74) is 25.9. The van der Waals surface area contributed by atoms with Crippen molar-refractivity contribution in [3.8, 4) is 11.1 Å². The van der Waals surface area contributed by atoms with Crippen LogP contribution >= 0.6 is 0 Å². The van der Waals surface area contributed by atoms with E-state index in [1.807, 2.05) is 24.7 Å². The molecule has 9 heterocycles. The summed E-state index contributed by atoms with van der Waals surface area (Å²) in [5, 5.41) is 0. The molecule has 0 radical (unpaired) electrons. The van der Waals surface area contributed by atoms with E-state index >= 15 is 0 Å². The Morgan fingerprint density at radius 3 is 1.02 bits per heavy atom. The first-order valence-corrected chi connectivity index (χ1v) is 27.2. The van der Waals surface area contributed by atoms with Crippen LogP contribution in [-0.4, -0.2) is 52.1 Å². The Hall–Kier alpha value is -10.6. The molecule has 0 spiro atoms. The van der Waals surface area contributed by atoms with Gasteiger partial charge in [-0.25, -0.2) is 24.9 Å². The van der Waals surface area contributed by atoms with Crippen molar-refractivity contribution in [3.05, 3.63) is 225 Å². The minimum atomic E-state index is -0.0931. The highest BCUT2D eigenvalue weighted by Crippen LogP contribution is 2.51. The van der Waals surface area contributed by atoms with Crippen LogP contribution in [0.3, 0.4) is 0 Å². The largest absolute Gasteiger partial charge is 0.311 e. The minimum Gasteiger partial charge on any atom is -0.311 e. The van der Waals surface area contributed by atoms with Gasteiger partial charge in [-0.05, 0) is 154 Å². The number of para-hydroxylation sites is 2. The van der Waals surface area contributed by atoms with Crippen molar-refractivity contribution < 1.29 is 0 Å². The van der Waals surface area contributed by atoms with Crippen molar-refractivity contribution in [2.45, 2.75) is 6.42 Å². The molecule has 9 aromatic carbocycles. The summed E-state index contributed by atoms with van der Waals surface area (Å²) in [5.74, 6) is 1.84. The average molecular weight is 1020 g/mol. The molecule has 11 aromatic rings. The highest BCUT2D eigenvalue weighted by atomic mass is 15.3. The molecule has 0 atom stereocenters. The van der Waals surface area contributed by atoms with Gasteiger partial charge in [-0.1, -0.05) is 84.9 Å². The Bertz CT molecular complexity index is 4370. The molecule has 18 rings (SSSR count). The molecule has 7 aliphatic rings. The van der Waals surface area contributed by atoms with Crippen LogP contribution in [0, 0.1) is 0 Å². The Morgan fingerprint density at radius 2 is 0.650 bits per heavy atom. The lowest BCUT2D eigenvalue weighted by Gasteiger charge is -2.49. The van der Waals surface area contributed by atoms with E-state index in [0.29, 0.717) is 24.4 Å². The quantitative estimate of drug-likeness (QED) is 0.150. The Labute approximate surface area is 461 Å². The molecule has 372 valence electrons. The lowest BCUT2D eigenvalue weighted by atomic mass is 9.32. The van der Waals surface area contributed by atoms with Crippen LogP contribution in [0.1, 0.15) is 6.42 Å². The summed E-state index contributed by atoms with van der Waals surface area (Å²) in [6.45, 7) is 0.613. The fourth-order valence-corrected chi connectivity index (χ4v) is 14.0. The topological polar surface area (TPSA) is 95.7 Å². The van der Waals surface area contributed by atoms with Crippen molar-refractivity contribution in [3.63, 3.8) is 0 Å². The van der Waals surface area contributed by atoms with Crippen LogP contribution in [-0.2, 0) is 0 Å². The maximum Gasteiger partial charge on any atom is 0.257 e. The second kappa shape index (κ2) is 16.5. The van der Waals surface area contributed by atoms with E-state index in [2.05, 4.69) is 224 Å². The zero-order valence-corrected chi connectivity index (χ0v) is 42.9. The van der Waals surface area contributed by atoms with Crippen LogP contribution in [0.5, 0.6) is 0 Å². The molecule has 7 aliphatic heterocycles. The smallest absolute Gasteiger partial charge is 0.257 e. The van der Waals surface area contributed by atoms with Crippen molar-refractivity contribution >= 4 is 156 Å². The van der Waals surface area contributed by atoms with Crippen LogP contribution in [0.25, 0.3) is 11.1 Å². The van der Waals surface area contributed by atoms with Gasteiger partial charge in [0.25, 0.3) is 13.4 Å². The molecule has 0 N–H and O–H groups in total. The van der Waals surface area contributed by atoms with Gasteiger partial charge >= 0.3 is 0 Å². The number of rotatable bonds is 6. The van der Waals surface area contributed by atoms with E-state index in [0.717, 1.165) is 85.1 Å². The van der Waals surface area contributed by atoms with Crippen LogP contribution < -0.4 is 62.2 Å². The maximum absolute atomic E-state index is 5.25. The third kappa shape index (κ3) is 5.85. The number of benzene rings is 9. The van der Waals surface area contributed by atoms with Crippen molar-refractivity contribution in [1.82, 2.24) is 19.9 Å². The van der Waals surface area contributed by atoms with Gasteiger partial charge in [-0.3, -0.25) is 19.7 Å². The van der Waals surface area contributed by atoms with Crippen LogP contribution in [0.15, 0.2) is 235 Å². The lowest BCUT2D eigenvalue weighted by molar-refractivity contribution is 1.01. The molecule has 14 heteroatoms. The highest BCUT2D eigenvalue weighted by Gasteiger charge is 2.52. The number of guanidine groups is 1. The summed E-state index contributed by atoms with van der Waals surface area (Å²) < 4.78 is 0. The van der Waals surface area contributed by atoms with E-state index in [1.165, 1.54) is 50.5 Å². The van der Waals surface area contributed by atoms with Crippen LogP contribution in [0.2, 0.25) is 0 Å². The van der Waals surface area contributed by atoms with E-state index < -0.39 is 0 Å². The molecule has 12 nitrogen and oxygen atoms in total. The Balaban J connectivity index is 0.759. The zero-order valence-electron chi connectivity index (χ0n) is 42.9. The highest BCUT2D eigenvalue weighted by molar-refractivity contribution is 7.03. The zero-order chi connectivity index (χ0) is 52.2. The van der Waals surface area contributed by atoms with Crippen molar-refractivity contribution in [2.24, 2.45) is 9.98 Å². The van der Waals surface area contributed by atoms with Crippen molar-refractivity contribution in [2.75, 3.05) is 35.9 Å². The third-order valence-corrected chi connectivity index (χ3v) is 17.0. The molecule has 0 aliphatic carbocycles. The fraction of sp³-hybridized carbons (Fsp3) is 0.0303. The lowest BCUT2D eigenvalue weighted by Crippen LogP contribution is -2.65. The van der Waals surface area contributed by atoms with E-state index in [9.17, 15) is 0 Å². The molecule has 0 amide bonds. The van der Waals surface area contributed by atoms with E-state index in [1.54, 1.807) is 12.4 Å². The molecule has 2 aromatic heterocycles. The number of aromatic nitrogens is 4. The second-order valence-electron chi connectivity index (χ2n) is 21.0. The molecule has 0 unspecified atom stereocenters. The van der Waals surface area contributed by atoms with Gasteiger partial charge in [0.2, 0.25) is 17.9 Å². The minimum absolute atomic E-state index is 0.0303. The molecule has 0 saturated heterocycles. The number of anilines is 17. The summed E-state index contributed by atoms with van der Waals surface area (Å²) >= 11 is 0. The fourth-order valence-electron chi connectivity index (χ4n) is 14.0. The van der Waals surface area contributed by atoms with Crippen LogP contribution in [0.4, 0.5) is 97.2 Å². The predicted octanol–water partition coefficient (Wildman–Crippen LogP) is 11.2. The van der Waals surface area contributed by atoms with E-state index in [-0.39, 0.29) is 13.4 Å². The van der Waals surface area contributed by atoms with Gasteiger partial charge in [0, 0.05) is 135 Å². The number of nitrogens with zero attached hydrogens (tertiary/aromatic N) is 12. The summed E-state index contributed by atoms with van der Waals surface area (Å²) in [4.78, 5) is 44.1. The van der Waals surface area contributed by atoms with Crippen molar-refractivity contribution in [1.29, 1.82) is 0 Å². The van der Waals surface area contributed by atoms with Gasteiger partial charge in [0.1, 0.15) is 0 Å². The van der Waals surface area contributed by atoms with Gasteiger partial charge in [0.15, 0.2) is 0 Å². The monoisotopic (exact) mass is 1020 g/mol. The van der Waals surface area contributed by atoms with E-state index in [4.69, 9.17) is 29.9 Å².